The first kappa shape index (κ1) is 27.5. The van der Waals surface area contributed by atoms with Gasteiger partial charge in [-0.05, 0) is 54.8 Å². The summed E-state index contributed by atoms with van der Waals surface area (Å²) in [5, 5.41) is 20.2. The molecule has 0 spiro atoms. The molecule has 2 fully saturated rings. The van der Waals surface area contributed by atoms with Crippen molar-refractivity contribution in [2.24, 2.45) is 11.8 Å². The van der Waals surface area contributed by atoms with Gasteiger partial charge in [0.1, 0.15) is 17.3 Å². The van der Waals surface area contributed by atoms with Crippen LogP contribution in [-0.2, 0) is 4.79 Å². The second kappa shape index (κ2) is 11.6. The number of likely N-dealkylation sites (tertiary alicyclic amines) is 2. The molecule has 7 nitrogen and oxygen atoms in total. The summed E-state index contributed by atoms with van der Waals surface area (Å²) in [6.07, 6.45) is 1.34. The number of benzene rings is 3. The molecule has 0 bridgehead atoms. The van der Waals surface area contributed by atoms with Crippen molar-refractivity contribution >= 4 is 17.5 Å². The third kappa shape index (κ3) is 5.63. The predicted octanol–water partition coefficient (Wildman–Crippen LogP) is 4.57. The van der Waals surface area contributed by atoms with Crippen molar-refractivity contribution in [2.75, 3.05) is 32.7 Å². The van der Waals surface area contributed by atoms with Gasteiger partial charge in [-0.25, -0.2) is 4.39 Å². The Hall–Kier alpha value is -4.04. The van der Waals surface area contributed by atoms with Crippen LogP contribution in [0.25, 0.3) is 0 Å². The third-order valence-corrected chi connectivity index (χ3v) is 8.24. The molecule has 2 saturated heterocycles. The Morgan fingerprint density at radius 3 is 1.98 bits per heavy atom. The minimum atomic E-state index is -0.725. The molecule has 0 saturated carbocycles. The molecule has 0 aliphatic carbocycles. The van der Waals surface area contributed by atoms with Crippen molar-refractivity contribution in [1.82, 2.24) is 9.80 Å². The molecule has 40 heavy (non-hydrogen) atoms. The molecular weight excluding hydrogens is 511 g/mol. The van der Waals surface area contributed by atoms with Gasteiger partial charge in [0.05, 0.1) is 0 Å². The number of Topliss-reactive ketones (excluding diaryl/α,β-unsaturated/α-hetero) is 2. The lowest BCUT2D eigenvalue weighted by atomic mass is 9.67. The van der Waals surface area contributed by atoms with E-state index in [0.29, 0.717) is 61.4 Å². The fraction of sp³-hybridized carbons (Fsp3) is 0.344. The van der Waals surface area contributed by atoms with Gasteiger partial charge < -0.3 is 20.0 Å². The lowest BCUT2D eigenvalue weighted by Crippen LogP contribution is -2.52. The van der Waals surface area contributed by atoms with E-state index in [0.717, 1.165) is 6.42 Å². The largest absolute Gasteiger partial charge is 0.508 e. The fourth-order valence-electron chi connectivity index (χ4n) is 6.18. The van der Waals surface area contributed by atoms with Gasteiger partial charge in [0.15, 0.2) is 11.6 Å². The van der Waals surface area contributed by atoms with Gasteiger partial charge in [0.2, 0.25) is 5.91 Å². The van der Waals surface area contributed by atoms with Gasteiger partial charge >= 0.3 is 0 Å². The molecule has 5 rings (SSSR count). The topological polar surface area (TPSA) is 98.2 Å². The highest BCUT2D eigenvalue weighted by Crippen LogP contribution is 2.42. The minimum absolute atomic E-state index is 0.0445. The Labute approximate surface area is 232 Å². The number of aromatic hydroxyl groups is 2. The molecule has 3 aromatic rings. The number of halogens is 1. The molecule has 0 aromatic heterocycles. The number of hydrogen-bond donors (Lipinski definition) is 2. The number of carbonyl (C=O) groups is 3. The average Bonchev–Trinajstić information content (AvgIpc) is 3.36. The Bertz CT molecular complexity index is 1370. The van der Waals surface area contributed by atoms with E-state index >= 15 is 0 Å². The number of piperidine rings is 1. The van der Waals surface area contributed by atoms with E-state index in [2.05, 4.69) is 0 Å². The number of carbonyl (C=O) groups excluding carboxylic acids is 3. The third-order valence-electron chi connectivity index (χ3n) is 8.24. The van der Waals surface area contributed by atoms with Crippen LogP contribution in [0.1, 0.15) is 50.6 Å². The van der Waals surface area contributed by atoms with Gasteiger partial charge in [-0.1, -0.05) is 36.4 Å². The van der Waals surface area contributed by atoms with E-state index in [4.69, 9.17) is 0 Å². The van der Waals surface area contributed by atoms with Crippen LogP contribution in [0.2, 0.25) is 0 Å². The quantitative estimate of drug-likeness (QED) is 0.404. The maximum absolute atomic E-state index is 14.9. The number of nitrogens with zero attached hydrogens (tertiary/aromatic N) is 2. The second-order valence-electron chi connectivity index (χ2n) is 10.8. The van der Waals surface area contributed by atoms with Crippen LogP contribution in [0.4, 0.5) is 4.39 Å². The van der Waals surface area contributed by atoms with Crippen molar-refractivity contribution in [1.29, 1.82) is 0 Å². The summed E-state index contributed by atoms with van der Waals surface area (Å²) in [7, 11) is 0. The van der Waals surface area contributed by atoms with E-state index in [1.54, 1.807) is 48.2 Å². The molecule has 2 aliphatic heterocycles. The van der Waals surface area contributed by atoms with Crippen molar-refractivity contribution in [3.05, 3.63) is 94.8 Å². The summed E-state index contributed by atoms with van der Waals surface area (Å²) in [6.45, 7) is 3.93. The van der Waals surface area contributed by atoms with Gasteiger partial charge in [-0.15, -0.1) is 0 Å². The Balaban J connectivity index is 1.58. The molecule has 0 radical (unpaired) electrons. The molecule has 3 aromatic carbocycles. The highest BCUT2D eigenvalue weighted by molar-refractivity contribution is 6.02. The zero-order chi connectivity index (χ0) is 28.4. The summed E-state index contributed by atoms with van der Waals surface area (Å²) in [6, 6.07) is 17.0. The zero-order valence-corrected chi connectivity index (χ0v) is 22.4. The van der Waals surface area contributed by atoms with Gasteiger partial charge in [-0.3, -0.25) is 14.4 Å². The van der Waals surface area contributed by atoms with Crippen LogP contribution in [0.15, 0.2) is 66.7 Å². The molecule has 2 N–H and O–H groups in total. The van der Waals surface area contributed by atoms with Crippen molar-refractivity contribution in [2.45, 2.75) is 25.7 Å². The van der Waals surface area contributed by atoms with Gasteiger partial charge in [0, 0.05) is 68.0 Å². The summed E-state index contributed by atoms with van der Waals surface area (Å²) >= 11 is 0. The van der Waals surface area contributed by atoms with Crippen LogP contribution in [0, 0.1) is 24.6 Å². The van der Waals surface area contributed by atoms with Crippen molar-refractivity contribution in [3.63, 3.8) is 0 Å². The maximum Gasteiger partial charge on any atom is 0.222 e. The predicted molar refractivity (Wildman–Crippen MR) is 148 cm³/mol. The first-order chi connectivity index (χ1) is 19.2. The number of ketones is 2. The molecule has 2 aliphatic rings. The van der Waals surface area contributed by atoms with E-state index in [9.17, 15) is 29.0 Å². The summed E-state index contributed by atoms with van der Waals surface area (Å²) in [4.78, 5) is 44.3. The highest BCUT2D eigenvalue weighted by atomic mass is 19.1. The normalized spacial score (nSPS) is 20.1. The minimum Gasteiger partial charge on any atom is -0.508 e. The number of phenols is 2. The number of phenolic OH excluding ortho intramolecular Hbond substituents is 2. The Kier molecular flexibility index (Phi) is 7.98. The molecule has 208 valence electrons. The Morgan fingerprint density at radius 1 is 0.875 bits per heavy atom. The SMILES string of the molecule is Cc1c(F)cccc1C1[C@@H](C(=O)c2cccc(O)c2)CN(CCN2CCCC2=O)C[C@@H]1C(=O)c1cccc(O)c1. The van der Waals surface area contributed by atoms with E-state index in [1.165, 1.54) is 30.3 Å². The monoisotopic (exact) mass is 544 g/mol. The van der Waals surface area contributed by atoms with E-state index in [1.807, 2.05) is 4.90 Å². The molecule has 2 heterocycles. The van der Waals surface area contributed by atoms with Crippen LogP contribution in [0.5, 0.6) is 11.5 Å². The first-order valence-electron chi connectivity index (χ1n) is 13.6. The highest BCUT2D eigenvalue weighted by Gasteiger charge is 2.45. The summed E-state index contributed by atoms with van der Waals surface area (Å²) in [5.74, 6) is -3.00. The van der Waals surface area contributed by atoms with Crippen molar-refractivity contribution < 1.29 is 29.0 Å². The molecular formula is C32H33FN2O5. The van der Waals surface area contributed by atoms with Crippen LogP contribution in [-0.4, -0.2) is 70.2 Å². The van der Waals surface area contributed by atoms with E-state index in [-0.39, 0.29) is 29.0 Å². The fourth-order valence-corrected chi connectivity index (χ4v) is 6.18. The lowest BCUT2D eigenvalue weighted by molar-refractivity contribution is -0.127. The molecule has 0 unspecified atom stereocenters. The zero-order valence-electron chi connectivity index (χ0n) is 22.4. The van der Waals surface area contributed by atoms with E-state index < -0.39 is 23.6 Å². The Morgan fingerprint density at radius 2 is 1.45 bits per heavy atom. The first-order valence-corrected chi connectivity index (χ1v) is 13.6. The summed E-state index contributed by atoms with van der Waals surface area (Å²) < 4.78 is 14.9. The van der Waals surface area contributed by atoms with Crippen LogP contribution in [0.3, 0.4) is 0 Å². The van der Waals surface area contributed by atoms with Crippen LogP contribution < -0.4 is 0 Å². The summed E-state index contributed by atoms with van der Waals surface area (Å²) in [5.41, 5.74) is 1.59. The lowest BCUT2D eigenvalue weighted by Gasteiger charge is -2.44. The number of amides is 1. The van der Waals surface area contributed by atoms with Gasteiger partial charge in [-0.2, -0.15) is 0 Å². The standard InChI is InChI=1S/C32H33FN2O5/c1-20-25(10-4-11-28(20)33)30-26(31(39)21-6-2-8-23(36)16-21)18-34(14-15-35-13-5-12-29(35)38)19-27(30)32(40)22-7-3-9-24(37)17-22/h2-4,6-11,16-17,26-27,30,36-37H,5,12-15,18-19H2,1H3/t26-,27-/m0/s1. The smallest absolute Gasteiger partial charge is 0.222 e. The average molecular weight is 545 g/mol. The molecule has 8 heteroatoms. The van der Waals surface area contributed by atoms with Crippen molar-refractivity contribution in [3.8, 4) is 11.5 Å². The maximum atomic E-state index is 14.9. The van der Waals surface area contributed by atoms with Gasteiger partial charge in [0.25, 0.3) is 0 Å². The molecule has 2 atom stereocenters. The number of rotatable bonds is 8. The second-order valence-corrected chi connectivity index (χ2v) is 10.8. The number of hydrogen-bond acceptors (Lipinski definition) is 6. The molecule has 1 amide bonds. The van der Waals surface area contributed by atoms with Crippen LogP contribution >= 0.6 is 0 Å².